The summed E-state index contributed by atoms with van der Waals surface area (Å²) in [6.07, 6.45) is 6.72. The first-order valence-corrected chi connectivity index (χ1v) is 7.63. The Balaban J connectivity index is 1.71. The molecule has 0 aromatic rings. The van der Waals surface area contributed by atoms with Gasteiger partial charge in [0.05, 0.1) is 19.1 Å². The molecule has 1 saturated carbocycles. The summed E-state index contributed by atoms with van der Waals surface area (Å²) in [6.45, 7) is -0.407. The van der Waals surface area contributed by atoms with Crippen molar-refractivity contribution >= 4 is 11.9 Å². The van der Waals surface area contributed by atoms with E-state index in [1.165, 1.54) is 0 Å². The number of carbonyl (C=O) groups excluding carboxylic acids is 2. The number of aliphatic hydroxyl groups is 2. The van der Waals surface area contributed by atoms with Crippen LogP contribution >= 0.6 is 0 Å². The molecule has 3 aliphatic carbocycles. The fourth-order valence-electron chi connectivity index (χ4n) is 4.09. The van der Waals surface area contributed by atoms with Crippen LogP contribution < -0.4 is 0 Å². The molecule has 3 rings (SSSR count). The van der Waals surface area contributed by atoms with Crippen LogP contribution in [0.2, 0.25) is 0 Å². The molecular weight excluding hydrogens is 288 g/mol. The summed E-state index contributed by atoms with van der Waals surface area (Å²) < 4.78 is 10.1. The molecule has 0 radical (unpaired) electrons. The molecular formula is C16H20O6. The van der Waals surface area contributed by atoms with Crippen LogP contribution in [0.5, 0.6) is 0 Å². The molecule has 0 amide bonds. The van der Waals surface area contributed by atoms with E-state index in [1.54, 1.807) is 0 Å². The van der Waals surface area contributed by atoms with Crippen LogP contribution in [0.4, 0.5) is 0 Å². The molecule has 2 N–H and O–H groups in total. The van der Waals surface area contributed by atoms with Crippen LogP contribution in [0.15, 0.2) is 23.8 Å². The molecule has 0 spiro atoms. The third-order valence-electron chi connectivity index (χ3n) is 4.85. The van der Waals surface area contributed by atoms with E-state index in [0.717, 1.165) is 6.42 Å². The first kappa shape index (κ1) is 15.2. The van der Waals surface area contributed by atoms with Crippen molar-refractivity contribution in [3.05, 3.63) is 23.8 Å². The van der Waals surface area contributed by atoms with E-state index in [1.807, 2.05) is 18.2 Å². The standard InChI is InChI=1S/C16H20O6/c17-3-5-21-15(19)11-2-1-10-9-7-12(14(10)11)13(8-9)16(20)22-6-4-18/h1-2,8-12,14,17-18H,3-7H2. The zero-order chi connectivity index (χ0) is 15.7. The van der Waals surface area contributed by atoms with Gasteiger partial charge >= 0.3 is 11.9 Å². The molecule has 0 aromatic carbocycles. The Bertz CT molecular complexity index is 523. The van der Waals surface area contributed by atoms with Crippen molar-refractivity contribution in [2.24, 2.45) is 29.6 Å². The maximum Gasteiger partial charge on any atom is 0.334 e. The van der Waals surface area contributed by atoms with Gasteiger partial charge in [0.25, 0.3) is 0 Å². The highest BCUT2D eigenvalue weighted by molar-refractivity contribution is 5.90. The van der Waals surface area contributed by atoms with Crippen LogP contribution in [-0.2, 0) is 19.1 Å². The fraction of sp³-hybridized carbons (Fsp3) is 0.625. The molecule has 1 fully saturated rings. The van der Waals surface area contributed by atoms with E-state index < -0.39 is 5.97 Å². The van der Waals surface area contributed by atoms with E-state index >= 15 is 0 Å². The Kier molecular flexibility index (Phi) is 4.31. The predicted octanol–water partition coefficient (Wildman–Crippen LogP) is 0.0519. The molecule has 0 aromatic heterocycles. The summed E-state index contributed by atoms with van der Waals surface area (Å²) in [6, 6.07) is 0. The number of rotatable bonds is 6. The van der Waals surface area contributed by atoms with E-state index in [0.29, 0.717) is 5.57 Å². The lowest BCUT2D eigenvalue weighted by atomic mass is 9.77. The van der Waals surface area contributed by atoms with E-state index in [4.69, 9.17) is 19.7 Å². The highest BCUT2D eigenvalue weighted by atomic mass is 16.5. The second-order valence-electron chi connectivity index (χ2n) is 5.94. The molecule has 2 bridgehead atoms. The molecule has 120 valence electrons. The quantitative estimate of drug-likeness (QED) is 0.532. The van der Waals surface area contributed by atoms with Crippen molar-refractivity contribution in [1.29, 1.82) is 0 Å². The van der Waals surface area contributed by atoms with Gasteiger partial charge in [-0.3, -0.25) is 4.79 Å². The zero-order valence-electron chi connectivity index (χ0n) is 12.2. The molecule has 22 heavy (non-hydrogen) atoms. The molecule has 5 unspecified atom stereocenters. The molecule has 0 saturated heterocycles. The zero-order valence-corrected chi connectivity index (χ0v) is 12.2. The SMILES string of the molecule is O=C(OCCO)C1=CC2CC1C1C(C(=O)OCCO)C=CC21. The van der Waals surface area contributed by atoms with E-state index in [2.05, 4.69) is 0 Å². The van der Waals surface area contributed by atoms with Crippen LogP contribution in [0.3, 0.4) is 0 Å². The van der Waals surface area contributed by atoms with Gasteiger partial charge in [-0.2, -0.15) is 0 Å². The summed E-state index contributed by atoms with van der Waals surface area (Å²) in [5.74, 6) is -0.519. The lowest BCUT2D eigenvalue weighted by molar-refractivity contribution is -0.150. The maximum atomic E-state index is 12.1. The van der Waals surface area contributed by atoms with Crippen molar-refractivity contribution in [2.45, 2.75) is 6.42 Å². The van der Waals surface area contributed by atoms with E-state index in [9.17, 15) is 9.59 Å². The number of allylic oxidation sites excluding steroid dienone is 2. The van der Waals surface area contributed by atoms with Crippen LogP contribution in [0.25, 0.3) is 0 Å². The average Bonchev–Trinajstić information content (AvgIpc) is 3.20. The van der Waals surface area contributed by atoms with Gasteiger partial charge in [0, 0.05) is 5.57 Å². The van der Waals surface area contributed by atoms with Crippen molar-refractivity contribution in [2.75, 3.05) is 26.4 Å². The Hall–Kier alpha value is -1.66. The molecule has 0 heterocycles. The van der Waals surface area contributed by atoms with E-state index in [-0.39, 0.29) is 62.0 Å². The number of fused-ring (bicyclic) bond motifs is 5. The van der Waals surface area contributed by atoms with Gasteiger partial charge in [-0.25, -0.2) is 4.79 Å². The van der Waals surface area contributed by atoms with Gasteiger partial charge in [0.1, 0.15) is 13.2 Å². The Morgan fingerprint density at radius 1 is 1.14 bits per heavy atom. The lowest BCUT2D eigenvalue weighted by Gasteiger charge is -2.28. The van der Waals surface area contributed by atoms with Crippen LogP contribution in [0, 0.1) is 29.6 Å². The van der Waals surface area contributed by atoms with Gasteiger partial charge < -0.3 is 19.7 Å². The van der Waals surface area contributed by atoms with Crippen LogP contribution in [0.1, 0.15) is 6.42 Å². The first-order chi connectivity index (χ1) is 10.7. The number of hydrogen-bond donors (Lipinski definition) is 2. The number of esters is 2. The third-order valence-corrected chi connectivity index (χ3v) is 4.85. The summed E-state index contributed by atoms with van der Waals surface area (Å²) >= 11 is 0. The normalized spacial score (nSPS) is 34.5. The minimum absolute atomic E-state index is 0.00266. The van der Waals surface area contributed by atoms with Crippen molar-refractivity contribution < 1.29 is 29.3 Å². The monoisotopic (exact) mass is 308 g/mol. The number of ether oxygens (including phenoxy) is 2. The topological polar surface area (TPSA) is 93.1 Å². The first-order valence-electron chi connectivity index (χ1n) is 7.63. The van der Waals surface area contributed by atoms with Crippen molar-refractivity contribution in [1.82, 2.24) is 0 Å². The molecule has 0 aliphatic heterocycles. The summed E-state index contributed by atoms with van der Waals surface area (Å²) in [4.78, 5) is 24.2. The van der Waals surface area contributed by atoms with Crippen molar-refractivity contribution in [3.8, 4) is 0 Å². The molecule has 3 aliphatic rings. The number of carbonyl (C=O) groups is 2. The summed E-state index contributed by atoms with van der Waals surface area (Å²) in [7, 11) is 0. The largest absolute Gasteiger partial charge is 0.463 e. The summed E-state index contributed by atoms with van der Waals surface area (Å²) in [5.41, 5.74) is 0.628. The predicted molar refractivity (Wildman–Crippen MR) is 75.4 cm³/mol. The van der Waals surface area contributed by atoms with Gasteiger partial charge in [-0.05, 0) is 30.1 Å². The maximum absolute atomic E-state index is 12.1. The van der Waals surface area contributed by atoms with Gasteiger partial charge in [-0.15, -0.1) is 0 Å². The molecule has 6 heteroatoms. The number of aliphatic hydroxyl groups excluding tert-OH is 2. The minimum atomic E-state index is -0.394. The summed E-state index contributed by atoms with van der Waals surface area (Å²) in [5, 5.41) is 17.5. The highest BCUT2D eigenvalue weighted by Crippen LogP contribution is 2.57. The molecule has 5 atom stereocenters. The van der Waals surface area contributed by atoms with Crippen molar-refractivity contribution in [3.63, 3.8) is 0 Å². The van der Waals surface area contributed by atoms with Crippen LogP contribution in [-0.4, -0.2) is 48.6 Å². The van der Waals surface area contributed by atoms with Gasteiger partial charge in [-0.1, -0.05) is 18.2 Å². The molecule has 6 nitrogen and oxygen atoms in total. The highest BCUT2D eigenvalue weighted by Gasteiger charge is 2.55. The van der Waals surface area contributed by atoms with Gasteiger partial charge in [0.15, 0.2) is 0 Å². The third kappa shape index (κ3) is 2.46. The van der Waals surface area contributed by atoms with Gasteiger partial charge in [0.2, 0.25) is 0 Å². The average molecular weight is 308 g/mol. The smallest absolute Gasteiger partial charge is 0.334 e. The Labute approximate surface area is 128 Å². The second kappa shape index (κ2) is 6.22. The Morgan fingerprint density at radius 2 is 1.86 bits per heavy atom. The fourth-order valence-corrected chi connectivity index (χ4v) is 4.09. The lowest BCUT2D eigenvalue weighted by Crippen LogP contribution is -2.32. The Morgan fingerprint density at radius 3 is 2.59 bits per heavy atom. The minimum Gasteiger partial charge on any atom is -0.463 e. The second-order valence-corrected chi connectivity index (χ2v) is 5.94. The number of hydrogen-bond acceptors (Lipinski definition) is 6.